The molecule has 4 atom stereocenters. The lowest BCUT2D eigenvalue weighted by atomic mass is 10.1. The van der Waals surface area contributed by atoms with Gasteiger partial charge in [-0.05, 0) is 30.0 Å². The first-order valence-electron chi connectivity index (χ1n) is 8.00. The highest BCUT2D eigenvalue weighted by atomic mass is 32.1. The van der Waals surface area contributed by atoms with E-state index >= 15 is 0 Å². The lowest BCUT2D eigenvalue weighted by molar-refractivity contribution is 0.174. The minimum absolute atomic E-state index is 0.0659. The number of urea groups is 1. The summed E-state index contributed by atoms with van der Waals surface area (Å²) >= 11 is 1.44. The number of ether oxygens (including phenoxy) is 2. The second-order valence-electron chi connectivity index (χ2n) is 6.46. The van der Waals surface area contributed by atoms with Gasteiger partial charge in [-0.2, -0.15) is 0 Å². The number of anilines is 1. The molecule has 1 saturated heterocycles. The molecular weight excluding hydrogens is 344 g/mol. The smallest absolute Gasteiger partial charge is 0.324 e. The molecule has 3 heterocycles. The summed E-state index contributed by atoms with van der Waals surface area (Å²) in [6.07, 6.45) is 0.765. The number of nitrogens with one attached hydrogen (secondary N) is 1. The van der Waals surface area contributed by atoms with Crippen molar-refractivity contribution in [1.29, 1.82) is 0 Å². The molecule has 128 valence electrons. The maximum Gasteiger partial charge on any atom is 0.324 e. The number of azide groups is 1. The highest BCUT2D eigenvalue weighted by Gasteiger charge is 2.51. The first kappa shape index (κ1) is 14.6. The first-order valence-corrected chi connectivity index (χ1v) is 8.82. The van der Waals surface area contributed by atoms with E-state index in [1.165, 1.54) is 11.3 Å². The Kier molecular flexibility index (Phi) is 3.01. The number of thiazole rings is 1. The van der Waals surface area contributed by atoms with Crippen LogP contribution >= 0.6 is 11.3 Å². The molecule has 1 aromatic carbocycles. The molecule has 5 rings (SSSR count). The number of hydrogen-bond donors (Lipinski definition) is 1. The maximum absolute atomic E-state index is 12.5. The van der Waals surface area contributed by atoms with Crippen LogP contribution in [0.2, 0.25) is 0 Å². The molecule has 2 fully saturated rings. The monoisotopic (exact) mass is 358 g/mol. The third-order valence-electron chi connectivity index (χ3n) is 5.10. The van der Waals surface area contributed by atoms with Crippen LogP contribution in [-0.4, -0.2) is 35.9 Å². The van der Waals surface area contributed by atoms with Gasteiger partial charge in [0.1, 0.15) is 5.52 Å². The number of amides is 2. The molecule has 9 nitrogen and oxygen atoms in total. The molecule has 2 aromatic rings. The van der Waals surface area contributed by atoms with E-state index in [0.29, 0.717) is 22.1 Å². The van der Waals surface area contributed by atoms with Crippen LogP contribution in [0.5, 0.6) is 11.5 Å². The summed E-state index contributed by atoms with van der Waals surface area (Å²) in [5, 5.41) is 7.47. The Labute approximate surface area is 146 Å². The molecule has 25 heavy (non-hydrogen) atoms. The van der Waals surface area contributed by atoms with E-state index in [1.807, 2.05) is 19.1 Å². The zero-order valence-corrected chi connectivity index (χ0v) is 14.1. The first-order chi connectivity index (χ1) is 12.2. The fraction of sp³-hybridized carbons (Fsp3) is 0.467. The maximum atomic E-state index is 12.5. The van der Waals surface area contributed by atoms with Gasteiger partial charge in [0, 0.05) is 4.91 Å². The van der Waals surface area contributed by atoms with Gasteiger partial charge in [-0.1, -0.05) is 23.4 Å². The van der Waals surface area contributed by atoms with Crippen molar-refractivity contribution in [2.24, 2.45) is 11.0 Å². The number of benzene rings is 1. The summed E-state index contributed by atoms with van der Waals surface area (Å²) in [6, 6.07) is 3.09. The summed E-state index contributed by atoms with van der Waals surface area (Å²) in [5.74, 6) is 1.50. The van der Waals surface area contributed by atoms with Crippen molar-refractivity contribution in [1.82, 2.24) is 10.3 Å². The van der Waals surface area contributed by atoms with E-state index in [-0.39, 0.29) is 36.9 Å². The van der Waals surface area contributed by atoms with E-state index in [2.05, 4.69) is 20.3 Å². The summed E-state index contributed by atoms with van der Waals surface area (Å²) in [6.45, 7) is 2.22. The normalized spacial score (nSPS) is 29.6. The quantitative estimate of drug-likeness (QED) is 0.505. The minimum Gasteiger partial charge on any atom is -0.454 e. The predicted octanol–water partition coefficient (Wildman–Crippen LogP) is 3.01. The fourth-order valence-corrected chi connectivity index (χ4v) is 5.00. The molecule has 1 saturated carbocycles. The number of rotatable bonds is 2. The molecule has 2 aliphatic heterocycles. The van der Waals surface area contributed by atoms with Gasteiger partial charge < -0.3 is 14.8 Å². The Morgan fingerprint density at radius 2 is 2.36 bits per heavy atom. The van der Waals surface area contributed by atoms with Crippen LogP contribution in [-0.2, 0) is 0 Å². The van der Waals surface area contributed by atoms with Gasteiger partial charge in [0.15, 0.2) is 16.6 Å². The average molecular weight is 358 g/mol. The largest absolute Gasteiger partial charge is 0.454 e. The Balaban J connectivity index is 1.56. The topological polar surface area (TPSA) is 112 Å². The van der Waals surface area contributed by atoms with Gasteiger partial charge in [-0.3, -0.25) is 4.90 Å². The number of fused-ring (bicyclic) bond motifs is 4. The highest BCUT2D eigenvalue weighted by molar-refractivity contribution is 7.22. The molecule has 1 aromatic heterocycles. The molecule has 0 spiro atoms. The number of aromatic nitrogens is 1. The Morgan fingerprint density at radius 3 is 3.20 bits per heavy atom. The van der Waals surface area contributed by atoms with Crippen LogP contribution in [0, 0.1) is 5.92 Å². The standard InChI is InChI=1S/C15H14N6O3S/c1-6-4-7-11(10(6)19-20-16)17-14(22)21(7)15-18-12-9(25-15)3-2-8-13(12)24-5-23-8/h2-3,6-7,10-11H,4-5H2,1H3,(H,17,22)/t6-,7+,10+,11+/m0/s1. The second-order valence-corrected chi connectivity index (χ2v) is 7.47. The second kappa shape index (κ2) is 5.14. The molecule has 0 unspecified atom stereocenters. The van der Waals surface area contributed by atoms with Gasteiger partial charge in [0.25, 0.3) is 0 Å². The molecule has 2 amide bonds. The number of hydrogen-bond acceptors (Lipinski definition) is 6. The summed E-state index contributed by atoms with van der Waals surface area (Å²) in [7, 11) is 0. The van der Waals surface area contributed by atoms with E-state index in [4.69, 9.17) is 15.0 Å². The van der Waals surface area contributed by atoms with Crippen LogP contribution in [0.25, 0.3) is 20.7 Å². The van der Waals surface area contributed by atoms with Crippen LogP contribution in [0.15, 0.2) is 17.2 Å². The van der Waals surface area contributed by atoms with E-state index in [9.17, 15) is 4.79 Å². The highest BCUT2D eigenvalue weighted by Crippen LogP contribution is 2.45. The van der Waals surface area contributed by atoms with Crippen molar-refractivity contribution < 1.29 is 14.3 Å². The molecule has 0 radical (unpaired) electrons. The van der Waals surface area contributed by atoms with Crippen molar-refractivity contribution in [3.8, 4) is 11.5 Å². The van der Waals surface area contributed by atoms with Crippen LogP contribution < -0.4 is 19.7 Å². The van der Waals surface area contributed by atoms with Gasteiger partial charge in [0.05, 0.1) is 22.8 Å². The molecule has 10 heteroatoms. The molecule has 1 N–H and O–H groups in total. The van der Waals surface area contributed by atoms with E-state index in [0.717, 1.165) is 11.1 Å². The summed E-state index contributed by atoms with van der Waals surface area (Å²) < 4.78 is 11.8. The Bertz CT molecular complexity index is 939. The molecule has 3 aliphatic rings. The Hall–Kier alpha value is -2.71. The zero-order chi connectivity index (χ0) is 17.1. The third-order valence-corrected chi connectivity index (χ3v) is 6.12. The zero-order valence-electron chi connectivity index (χ0n) is 13.2. The van der Waals surface area contributed by atoms with Crippen molar-refractivity contribution in [3.05, 3.63) is 22.6 Å². The number of carbonyl (C=O) groups excluding carboxylic acids is 1. The van der Waals surface area contributed by atoms with E-state index < -0.39 is 0 Å². The molecule has 1 aliphatic carbocycles. The van der Waals surface area contributed by atoms with E-state index in [1.54, 1.807) is 4.90 Å². The lowest BCUT2D eigenvalue weighted by Gasteiger charge is -2.19. The van der Waals surface area contributed by atoms with Crippen LogP contribution in [0.3, 0.4) is 0 Å². The number of nitrogens with zero attached hydrogens (tertiary/aromatic N) is 5. The van der Waals surface area contributed by atoms with Gasteiger partial charge in [-0.25, -0.2) is 9.78 Å². The van der Waals surface area contributed by atoms with Crippen molar-refractivity contribution in [2.75, 3.05) is 11.7 Å². The van der Waals surface area contributed by atoms with Gasteiger partial charge in [-0.15, -0.1) is 0 Å². The average Bonchev–Trinajstić information content (AvgIpc) is 3.31. The fourth-order valence-electron chi connectivity index (χ4n) is 3.98. The van der Waals surface area contributed by atoms with Crippen LogP contribution in [0.1, 0.15) is 13.3 Å². The summed E-state index contributed by atoms with van der Waals surface area (Å²) in [5.41, 5.74) is 9.51. The van der Waals surface area contributed by atoms with Gasteiger partial charge in [0.2, 0.25) is 6.79 Å². The van der Waals surface area contributed by atoms with Crippen LogP contribution in [0.4, 0.5) is 9.93 Å². The Morgan fingerprint density at radius 1 is 1.48 bits per heavy atom. The van der Waals surface area contributed by atoms with Crippen molar-refractivity contribution in [2.45, 2.75) is 31.5 Å². The van der Waals surface area contributed by atoms with Gasteiger partial charge >= 0.3 is 6.03 Å². The van der Waals surface area contributed by atoms with Crippen molar-refractivity contribution in [3.63, 3.8) is 0 Å². The predicted molar refractivity (Wildman–Crippen MR) is 91.0 cm³/mol. The number of carbonyl (C=O) groups is 1. The summed E-state index contributed by atoms with van der Waals surface area (Å²) in [4.78, 5) is 21.8. The molecular formula is C15H14N6O3S. The molecule has 0 bridgehead atoms. The minimum atomic E-state index is -0.237. The lowest BCUT2D eigenvalue weighted by Crippen LogP contribution is -2.37. The van der Waals surface area contributed by atoms with Crippen molar-refractivity contribution >= 4 is 32.7 Å². The SMILES string of the molecule is C[C@H]1C[C@@H]2[C@@H](NC(=O)N2c2nc3c4c(ccc3s2)OCO4)[C@@H]1N=[N+]=[N-]. The third kappa shape index (κ3) is 1.98.